The summed E-state index contributed by atoms with van der Waals surface area (Å²) in [5.74, 6) is 1.89. The van der Waals surface area contributed by atoms with Crippen LogP contribution < -0.4 is 10.2 Å². The number of rotatable bonds is 4. The Labute approximate surface area is 189 Å². The van der Waals surface area contributed by atoms with Gasteiger partial charge in [-0.05, 0) is 43.7 Å². The molecule has 2 aromatic heterocycles. The highest BCUT2D eigenvalue weighted by molar-refractivity contribution is 5.96. The number of carbonyl (C=O) groups is 1. The first kappa shape index (κ1) is 22.5. The van der Waals surface area contributed by atoms with Gasteiger partial charge in [0.2, 0.25) is 0 Å². The monoisotopic (exact) mass is 456 g/mol. The predicted octanol–water partition coefficient (Wildman–Crippen LogP) is 4.21. The predicted molar refractivity (Wildman–Crippen MR) is 119 cm³/mol. The second-order valence-corrected chi connectivity index (χ2v) is 7.82. The van der Waals surface area contributed by atoms with Gasteiger partial charge in [0.1, 0.15) is 23.3 Å². The zero-order chi connectivity index (χ0) is 23.6. The van der Waals surface area contributed by atoms with E-state index in [2.05, 4.69) is 20.3 Å². The molecule has 172 valence electrons. The van der Waals surface area contributed by atoms with Crippen molar-refractivity contribution in [3.05, 3.63) is 71.2 Å². The minimum absolute atomic E-state index is 0.288. The number of nitrogens with one attached hydrogen (secondary N) is 1. The van der Waals surface area contributed by atoms with Gasteiger partial charge in [0.15, 0.2) is 0 Å². The third-order valence-electron chi connectivity index (χ3n) is 5.35. The van der Waals surface area contributed by atoms with Gasteiger partial charge in [-0.15, -0.1) is 0 Å². The summed E-state index contributed by atoms with van der Waals surface area (Å²) in [4.78, 5) is 29.4. The first-order valence-corrected chi connectivity index (χ1v) is 10.5. The van der Waals surface area contributed by atoms with Crippen molar-refractivity contribution in [2.24, 2.45) is 0 Å². The molecule has 0 saturated carbocycles. The van der Waals surface area contributed by atoms with Gasteiger partial charge in [-0.2, -0.15) is 13.2 Å². The number of alkyl halides is 3. The van der Waals surface area contributed by atoms with Crippen LogP contribution in [0.15, 0.2) is 48.7 Å². The molecule has 4 rings (SSSR count). The number of hydrogen-bond donors (Lipinski definition) is 1. The van der Waals surface area contributed by atoms with Gasteiger partial charge < -0.3 is 15.1 Å². The van der Waals surface area contributed by atoms with Gasteiger partial charge in [-0.25, -0.2) is 15.0 Å². The lowest BCUT2D eigenvalue weighted by Gasteiger charge is -2.36. The second-order valence-electron chi connectivity index (χ2n) is 7.82. The molecule has 0 bridgehead atoms. The molecule has 10 heteroatoms. The average molecular weight is 456 g/mol. The number of carbonyl (C=O) groups excluding carboxylic acids is 1. The highest BCUT2D eigenvalue weighted by atomic mass is 19.4. The number of hydrogen-bond acceptors (Lipinski definition) is 6. The Balaban J connectivity index is 1.46. The minimum Gasteiger partial charge on any atom is -0.353 e. The van der Waals surface area contributed by atoms with Crippen LogP contribution in [0.25, 0.3) is 0 Å². The first-order valence-electron chi connectivity index (χ1n) is 10.5. The summed E-state index contributed by atoms with van der Waals surface area (Å²) in [5, 5.41) is 3.17. The Kier molecular flexibility index (Phi) is 6.17. The first-order chi connectivity index (χ1) is 15.7. The Hall–Kier alpha value is -3.69. The number of nitrogens with zero attached hydrogens (tertiary/aromatic N) is 5. The van der Waals surface area contributed by atoms with Gasteiger partial charge in [0.25, 0.3) is 5.91 Å². The molecule has 7 nitrogen and oxygen atoms in total. The molecule has 0 aliphatic carbocycles. The number of aromatic nitrogens is 3. The van der Waals surface area contributed by atoms with E-state index in [9.17, 15) is 18.0 Å². The third kappa shape index (κ3) is 5.21. The van der Waals surface area contributed by atoms with E-state index in [4.69, 9.17) is 0 Å². The number of piperazine rings is 1. The molecular weight excluding hydrogens is 433 g/mol. The van der Waals surface area contributed by atoms with Crippen molar-refractivity contribution in [1.29, 1.82) is 0 Å². The number of benzene rings is 1. The minimum atomic E-state index is -4.58. The fraction of sp³-hybridized carbons (Fsp3) is 0.304. The Morgan fingerprint density at radius 2 is 1.70 bits per heavy atom. The average Bonchev–Trinajstić information content (AvgIpc) is 2.78. The number of halogens is 3. The van der Waals surface area contributed by atoms with Crippen LogP contribution in [-0.2, 0) is 6.18 Å². The molecule has 0 spiro atoms. The highest BCUT2D eigenvalue weighted by Gasteiger charge is 2.36. The highest BCUT2D eigenvalue weighted by Crippen LogP contribution is 2.32. The van der Waals surface area contributed by atoms with Crippen LogP contribution in [0.4, 0.5) is 30.6 Å². The largest absolute Gasteiger partial charge is 0.417 e. The van der Waals surface area contributed by atoms with Gasteiger partial charge in [0.05, 0.1) is 11.1 Å². The van der Waals surface area contributed by atoms with Crippen molar-refractivity contribution in [3.63, 3.8) is 0 Å². The molecule has 1 saturated heterocycles. The Morgan fingerprint density at radius 3 is 2.39 bits per heavy atom. The number of anilines is 3. The summed E-state index contributed by atoms with van der Waals surface area (Å²) in [5.41, 5.74) is -0.177. The lowest BCUT2D eigenvalue weighted by Crippen LogP contribution is -2.49. The van der Waals surface area contributed by atoms with Crippen molar-refractivity contribution in [1.82, 2.24) is 19.9 Å². The van der Waals surface area contributed by atoms with Crippen LogP contribution in [0.1, 0.15) is 27.3 Å². The summed E-state index contributed by atoms with van der Waals surface area (Å²) < 4.78 is 39.9. The Bertz CT molecular complexity index is 1160. The molecule has 0 atom stereocenters. The van der Waals surface area contributed by atoms with E-state index in [1.54, 1.807) is 19.2 Å². The summed E-state index contributed by atoms with van der Waals surface area (Å²) in [6, 6.07) is 10.5. The molecule has 1 fully saturated rings. The van der Waals surface area contributed by atoms with Crippen LogP contribution in [0.5, 0.6) is 0 Å². The molecular formula is C23H23F3N6O. The van der Waals surface area contributed by atoms with E-state index in [0.717, 1.165) is 11.6 Å². The van der Waals surface area contributed by atoms with E-state index >= 15 is 0 Å². The summed E-state index contributed by atoms with van der Waals surface area (Å²) >= 11 is 0. The molecule has 1 aliphatic rings. The smallest absolute Gasteiger partial charge is 0.353 e. The number of aryl methyl sites for hydroxylation is 2. The third-order valence-corrected chi connectivity index (χ3v) is 5.35. The molecule has 1 aliphatic heterocycles. The number of amides is 1. The van der Waals surface area contributed by atoms with Crippen molar-refractivity contribution < 1.29 is 18.0 Å². The van der Waals surface area contributed by atoms with Crippen molar-refractivity contribution >= 4 is 23.4 Å². The lowest BCUT2D eigenvalue weighted by molar-refractivity contribution is -0.138. The zero-order valence-corrected chi connectivity index (χ0v) is 18.2. The molecule has 0 unspecified atom stereocenters. The van der Waals surface area contributed by atoms with E-state index in [1.165, 1.54) is 23.1 Å². The normalized spacial score (nSPS) is 14.3. The van der Waals surface area contributed by atoms with Gasteiger partial charge >= 0.3 is 6.18 Å². The maximum atomic E-state index is 13.3. The molecule has 1 aromatic carbocycles. The van der Waals surface area contributed by atoms with Crippen LogP contribution in [0, 0.1) is 13.8 Å². The van der Waals surface area contributed by atoms with Crippen molar-refractivity contribution in [3.8, 4) is 0 Å². The molecule has 3 heterocycles. The van der Waals surface area contributed by atoms with Crippen molar-refractivity contribution in [2.45, 2.75) is 20.0 Å². The quantitative estimate of drug-likeness (QED) is 0.634. The SMILES string of the molecule is Cc1ccnc(Nc2cc(N3CCN(C(=O)c4ccccc4C(F)(F)F)CC3)nc(C)n2)c1. The molecule has 0 radical (unpaired) electrons. The van der Waals surface area contributed by atoms with Gasteiger partial charge in [-0.3, -0.25) is 4.79 Å². The van der Waals surface area contributed by atoms with Crippen LogP contribution >= 0.6 is 0 Å². The fourth-order valence-corrected chi connectivity index (χ4v) is 3.74. The zero-order valence-electron chi connectivity index (χ0n) is 18.2. The van der Waals surface area contributed by atoms with E-state index in [-0.39, 0.29) is 18.7 Å². The topological polar surface area (TPSA) is 74.2 Å². The van der Waals surface area contributed by atoms with Gasteiger partial charge in [0, 0.05) is 38.4 Å². The number of pyridine rings is 1. The van der Waals surface area contributed by atoms with E-state index in [1.807, 2.05) is 24.0 Å². The van der Waals surface area contributed by atoms with Crippen molar-refractivity contribution in [2.75, 3.05) is 36.4 Å². The van der Waals surface area contributed by atoms with E-state index < -0.39 is 17.6 Å². The fourth-order valence-electron chi connectivity index (χ4n) is 3.74. The summed E-state index contributed by atoms with van der Waals surface area (Å²) in [7, 11) is 0. The van der Waals surface area contributed by atoms with Crippen LogP contribution in [0.2, 0.25) is 0 Å². The lowest BCUT2D eigenvalue weighted by atomic mass is 10.1. The maximum absolute atomic E-state index is 13.3. The Morgan fingerprint density at radius 1 is 0.970 bits per heavy atom. The summed E-state index contributed by atoms with van der Waals surface area (Å²) in [6.07, 6.45) is -2.87. The molecule has 1 N–H and O–H groups in total. The standard InChI is InChI=1S/C23H23F3N6O/c1-15-7-8-27-19(13-15)30-20-14-21(29-16(2)28-20)31-9-11-32(12-10-31)22(33)17-5-3-4-6-18(17)23(24,25)26/h3-8,13-14H,9-12H2,1-2H3,(H,27,28,29,30). The van der Waals surface area contributed by atoms with Crippen LogP contribution in [0.3, 0.4) is 0 Å². The van der Waals surface area contributed by atoms with Gasteiger partial charge in [-0.1, -0.05) is 12.1 Å². The molecule has 33 heavy (non-hydrogen) atoms. The molecule has 1 amide bonds. The summed E-state index contributed by atoms with van der Waals surface area (Å²) in [6.45, 7) is 5.22. The van der Waals surface area contributed by atoms with E-state index in [0.29, 0.717) is 36.4 Å². The second kappa shape index (κ2) is 9.05. The molecule has 3 aromatic rings. The maximum Gasteiger partial charge on any atom is 0.417 e. The van der Waals surface area contributed by atoms with Crippen LogP contribution in [-0.4, -0.2) is 51.9 Å².